The average Bonchev–Trinajstić information content (AvgIpc) is 2.45. The standard InChI is InChI=1S/C15H26O4/c1-5-9-10-15(7-3,11-18-13-17-8-4)12-19-14(16)6-2/h6,8H,2,4-5,7,9-13H2,1,3H3. The molecule has 0 aliphatic carbocycles. The first kappa shape index (κ1) is 17.7. The van der Waals surface area contributed by atoms with Gasteiger partial charge in [-0.1, -0.05) is 39.8 Å². The quantitative estimate of drug-likeness (QED) is 0.179. The van der Waals surface area contributed by atoms with Gasteiger partial charge in [0.1, 0.15) is 0 Å². The van der Waals surface area contributed by atoms with E-state index in [4.69, 9.17) is 14.2 Å². The SMILES string of the molecule is C=COCOCC(CC)(CCCC)COC(=O)C=C. The highest BCUT2D eigenvalue weighted by atomic mass is 16.7. The lowest BCUT2D eigenvalue weighted by molar-refractivity contribution is -0.145. The number of hydrogen-bond acceptors (Lipinski definition) is 4. The van der Waals surface area contributed by atoms with Gasteiger partial charge in [-0.3, -0.25) is 0 Å². The predicted octanol–water partition coefficient (Wildman–Crippen LogP) is 3.44. The lowest BCUT2D eigenvalue weighted by Gasteiger charge is -2.31. The summed E-state index contributed by atoms with van der Waals surface area (Å²) < 4.78 is 15.6. The van der Waals surface area contributed by atoms with Gasteiger partial charge in [-0.25, -0.2) is 4.79 Å². The minimum atomic E-state index is -0.392. The van der Waals surface area contributed by atoms with E-state index < -0.39 is 5.97 Å². The lowest BCUT2D eigenvalue weighted by atomic mass is 9.82. The van der Waals surface area contributed by atoms with Crippen LogP contribution in [0.2, 0.25) is 0 Å². The third kappa shape index (κ3) is 7.67. The van der Waals surface area contributed by atoms with E-state index in [2.05, 4.69) is 27.0 Å². The molecule has 4 nitrogen and oxygen atoms in total. The molecule has 1 atom stereocenters. The van der Waals surface area contributed by atoms with Crippen molar-refractivity contribution < 1.29 is 19.0 Å². The van der Waals surface area contributed by atoms with Crippen molar-refractivity contribution in [1.82, 2.24) is 0 Å². The van der Waals surface area contributed by atoms with E-state index in [9.17, 15) is 4.79 Å². The molecule has 0 aliphatic heterocycles. The second-order valence-electron chi connectivity index (χ2n) is 4.57. The van der Waals surface area contributed by atoms with Crippen LogP contribution in [-0.4, -0.2) is 26.0 Å². The molecule has 0 heterocycles. The van der Waals surface area contributed by atoms with Crippen LogP contribution < -0.4 is 0 Å². The average molecular weight is 270 g/mol. The second-order valence-corrected chi connectivity index (χ2v) is 4.57. The minimum absolute atomic E-state index is 0.154. The summed E-state index contributed by atoms with van der Waals surface area (Å²) in [6.45, 7) is 12.1. The van der Waals surface area contributed by atoms with Gasteiger partial charge in [0, 0.05) is 11.5 Å². The first-order chi connectivity index (χ1) is 9.14. The molecule has 0 rings (SSSR count). The molecule has 0 N–H and O–H groups in total. The van der Waals surface area contributed by atoms with Crippen LogP contribution in [-0.2, 0) is 19.0 Å². The molecular weight excluding hydrogens is 244 g/mol. The molecule has 110 valence electrons. The zero-order chi connectivity index (χ0) is 14.6. The maximum Gasteiger partial charge on any atom is 0.330 e. The number of ether oxygens (including phenoxy) is 3. The van der Waals surface area contributed by atoms with Crippen LogP contribution in [0.5, 0.6) is 0 Å². The maximum atomic E-state index is 11.2. The van der Waals surface area contributed by atoms with Gasteiger partial charge >= 0.3 is 5.97 Å². The van der Waals surface area contributed by atoms with Crippen LogP contribution in [0, 0.1) is 5.41 Å². The molecule has 19 heavy (non-hydrogen) atoms. The topological polar surface area (TPSA) is 44.8 Å². The van der Waals surface area contributed by atoms with E-state index in [-0.39, 0.29) is 12.2 Å². The van der Waals surface area contributed by atoms with E-state index in [0.717, 1.165) is 25.7 Å². The monoisotopic (exact) mass is 270 g/mol. The summed E-state index contributed by atoms with van der Waals surface area (Å²) in [5, 5.41) is 0. The van der Waals surface area contributed by atoms with Crippen LogP contribution in [0.4, 0.5) is 0 Å². The number of carbonyl (C=O) groups is 1. The highest BCUT2D eigenvalue weighted by Gasteiger charge is 2.29. The molecule has 0 fully saturated rings. The molecule has 0 amide bonds. The third-order valence-corrected chi connectivity index (χ3v) is 3.18. The molecule has 0 aromatic carbocycles. The van der Waals surface area contributed by atoms with E-state index in [1.807, 2.05) is 0 Å². The maximum absolute atomic E-state index is 11.2. The van der Waals surface area contributed by atoms with Crippen molar-refractivity contribution in [3.8, 4) is 0 Å². The molecule has 0 saturated carbocycles. The largest absolute Gasteiger partial charge is 0.476 e. The van der Waals surface area contributed by atoms with Crippen molar-refractivity contribution in [2.45, 2.75) is 39.5 Å². The van der Waals surface area contributed by atoms with Gasteiger partial charge in [0.25, 0.3) is 0 Å². The summed E-state index contributed by atoms with van der Waals surface area (Å²) in [6, 6.07) is 0. The molecule has 1 unspecified atom stereocenters. The van der Waals surface area contributed by atoms with Crippen LogP contribution in [0.3, 0.4) is 0 Å². The van der Waals surface area contributed by atoms with Crippen LogP contribution >= 0.6 is 0 Å². The van der Waals surface area contributed by atoms with Gasteiger partial charge in [0.05, 0.1) is 19.5 Å². The Labute approximate surface area is 116 Å². The molecule has 0 aromatic heterocycles. The smallest absolute Gasteiger partial charge is 0.330 e. The van der Waals surface area contributed by atoms with Gasteiger partial charge in [-0.05, 0) is 12.8 Å². The second kappa shape index (κ2) is 10.6. The molecule has 0 radical (unpaired) electrons. The summed E-state index contributed by atoms with van der Waals surface area (Å²) in [6.07, 6.45) is 6.54. The van der Waals surface area contributed by atoms with E-state index in [0.29, 0.717) is 13.2 Å². The number of carbonyl (C=O) groups excluding carboxylic acids is 1. The van der Waals surface area contributed by atoms with Gasteiger partial charge in [-0.2, -0.15) is 0 Å². The van der Waals surface area contributed by atoms with E-state index in [1.54, 1.807) is 0 Å². The fraction of sp³-hybridized carbons (Fsp3) is 0.667. The van der Waals surface area contributed by atoms with E-state index >= 15 is 0 Å². The zero-order valence-corrected chi connectivity index (χ0v) is 12.2. The Morgan fingerprint density at radius 2 is 2.00 bits per heavy atom. The van der Waals surface area contributed by atoms with Crippen molar-refractivity contribution in [3.05, 3.63) is 25.5 Å². The van der Waals surface area contributed by atoms with Gasteiger partial charge < -0.3 is 14.2 Å². The van der Waals surface area contributed by atoms with Crippen LogP contribution in [0.25, 0.3) is 0 Å². The summed E-state index contributed by atoms with van der Waals surface area (Å²) in [5.74, 6) is -0.392. The van der Waals surface area contributed by atoms with Crippen LogP contribution in [0.15, 0.2) is 25.5 Å². The normalized spacial score (nSPS) is 13.4. The molecule has 0 saturated heterocycles. The van der Waals surface area contributed by atoms with Crippen molar-refractivity contribution in [3.63, 3.8) is 0 Å². The molecule has 0 bridgehead atoms. The van der Waals surface area contributed by atoms with E-state index in [1.165, 1.54) is 12.3 Å². The first-order valence-corrected chi connectivity index (χ1v) is 6.73. The third-order valence-electron chi connectivity index (χ3n) is 3.18. The number of hydrogen-bond donors (Lipinski definition) is 0. The van der Waals surface area contributed by atoms with Crippen molar-refractivity contribution in [1.29, 1.82) is 0 Å². The molecular formula is C15H26O4. The highest BCUT2D eigenvalue weighted by Crippen LogP contribution is 2.30. The molecule has 0 spiro atoms. The number of esters is 1. The Morgan fingerprint density at radius 1 is 1.26 bits per heavy atom. The number of unbranched alkanes of at least 4 members (excludes halogenated alkanes) is 1. The summed E-state index contributed by atoms with van der Waals surface area (Å²) >= 11 is 0. The Morgan fingerprint density at radius 3 is 2.53 bits per heavy atom. The fourth-order valence-electron chi connectivity index (χ4n) is 1.76. The minimum Gasteiger partial charge on any atom is -0.476 e. The van der Waals surface area contributed by atoms with Gasteiger partial charge in [0.2, 0.25) is 0 Å². The Bertz CT molecular complexity index is 275. The number of rotatable bonds is 12. The van der Waals surface area contributed by atoms with Crippen molar-refractivity contribution in [2.75, 3.05) is 20.0 Å². The molecule has 0 aliphatic rings. The van der Waals surface area contributed by atoms with Crippen molar-refractivity contribution in [2.24, 2.45) is 5.41 Å². The Balaban J connectivity index is 4.42. The van der Waals surface area contributed by atoms with Gasteiger partial charge in [0.15, 0.2) is 6.79 Å². The molecule has 4 heteroatoms. The van der Waals surface area contributed by atoms with Crippen molar-refractivity contribution >= 4 is 5.97 Å². The summed E-state index contributed by atoms with van der Waals surface area (Å²) in [5.41, 5.74) is -0.154. The lowest BCUT2D eigenvalue weighted by Crippen LogP contribution is -2.33. The molecule has 0 aromatic rings. The Kier molecular flexibility index (Phi) is 9.90. The predicted molar refractivity (Wildman–Crippen MR) is 75.5 cm³/mol. The highest BCUT2D eigenvalue weighted by molar-refractivity contribution is 5.81. The summed E-state index contributed by atoms with van der Waals surface area (Å²) in [7, 11) is 0. The zero-order valence-electron chi connectivity index (χ0n) is 12.2. The Hall–Kier alpha value is -1.29. The van der Waals surface area contributed by atoms with Gasteiger partial charge in [-0.15, -0.1) is 0 Å². The van der Waals surface area contributed by atoms with Crippen LogP contribution in [0.1, 0.15) is 39.5 Å². The summed E-state index contributed by atoms with van der Waals surface area (Å²) in [4.78, 5) is 11.2. The fourth-order valence-corrected chi connectivity index (χ4v) is 1.76. The first-order valence-electron chi connectivity index (χ1n) is 6.73.